The number of ether oxygens (including phenoxy) is 1. The minimum absolute atomic E-state index is 0.501. The molecule has 2 rings (SSSR count). The van der Waals surface area contributed by atoms with Crippen molar-refractivity contribution in [2.75, 3.05) is 17.7 Å². The van der Waals surface area contributed by atoms with E-state index in [1.165, 1.54) is 0 Å². The van der Waals surface area contributed by atoms with E-state index in [2.05, 4.69) is 15.3 Å². The normalized spacial score (nSPS) is 9.94. The van der Waals surface area contributed by atoms with E-state index >= 15 is 0 Å². The van der Waals surface area contributed by atoms with E-state index in [0.717, 1.165) is 11.4 Å². The summed E-state index contributed by atoms with van der Waals surface area (Å²) < 4.78 is 5.29. The van der Waals surface area contributed by atoms with Crippen molar-refractivity contribution in [3.63, 3.8) is 0 Å². The number of benzene rings is 1. The lowest BCUT2D eigenvalue weighted by molar-refractivity contribution is 0.327. The van der Waals surface area contributed by atoms with Crippen molar-refractivity contribution in [2.45, 2.75) is 6.92 Å². The summed E-state index contributed by atoms with van der Waals surface area (Å²) in [5.74, 6) is 1.06. The number of hydrogen-bond donors (Lipinski definition) is 2. The number of nitrogen functional groups attached to an aromatic ring is 1. The first kappa shape index (κ1) is 11.2. The molecule has 5 heteroatoms. The van der Waals surface area contributed by atoms with Gasteiger partial charge in [-0.3, -0.25) is 0 Å². The number of rotatable bonds is 4. The fraction of sp³-hybridized carbons (Fsp3) is 0.167. The maximum absolute atomic E-state index is 5.60. The van der Waals surface area contributed by atoms with Crippen LogP contribution in [0.2, 0.25) is 0 Å². The zero-order chi connectivity index (χ0) is 12.1. The molecule has 0 aliphatic heterocycles. The Morgan fingerprint density at radius 3 is 2.71 bits per heavy atom. The van der Waals surface area contributed by atoms with E-state index in [9.17, 15) is 0 Å². The maximum atomic E-state index is 5.60. The van der Waals surface area contributed by atoms with Crippen molar-refractivity contribution in [3.8, 4) is 5.88 Å². The summed E-state index contributed by atoms with van der Waals surface area (Å²) in [6, 6.07) is 9.08. The Balaban J connectivity index is 2.12. The second-order valence-electron chi connectivity index (χ2n) is 3.40. The predicted molar refractivity (Wildman–Crippen MR) is 67.3 cm³/mol. The Morgan fingerprint density at radius 2 is 2.00 bits per heavy atom. The standard InChI is InChI=1S/C12H14N4O/c1-2-17-11-7-8-14-12(16-11)15-10-5-3-9(13)4-6-10/h3-8H,2,13H2,1H3,(H,14,15,16). The average molecular weight is 230 g/mol. The molecule has 5 nitrogen and oxygen atoms in total. The Morgan fingerprint density at radius 1 is 1.24 bits per heavy atom. The minimum Gasteiger partial charge on any atom is -0.478 e. The summed E-state index contributed by atoms with van der Waals surface area (Å²) in [5.41, 5.74) is 7.21. The summed E-state index contributed by atoms with van der Waals surface area (Å²) in [7, 11) is 0. The van der Waals surface area contributed by atoms with Gasteiger partial charge in [-0.05, 0) is 31.2 Å². The molecular weight excluding hydrogens is 216 g/mol. The molecule has 88 valence electrons. The van der Waals surface area contributed by atoms with Crippen molar-refractivity contribution in [2.24, 2.45) is 0 Å². The molecule has 2 aromatic rings. The molecule has 0 unspecified atom stereocenters. The van der Waals surface area contributed by atoms with Gasteiger partial charge in [-0.1, -0.05) is 0 Å². The molecule has 0 aliphatic rings. The number of nitrogens with zero attached hydrogens (tertiary/aromatic N) is 2. The van der Waals surface area contributed by atoms with E-state index < -0.39 is 0 Å². The summed E-state index contributed by atoms with van der Waals surface area (Å²) in [4.78, 5) is 8.31. The van der Waals surface area contributed by atoms with Crippen LogP contribution in [0.15, 0.2) is 36.5 Å². The van der Waals surface area contributed by atoms with Crippen LogP contribution in [0.4, 0.5) is 17.3 Å². The van der Waals surface area contributed by atoms with Crippen LogP contribution in [0.5, 0.6) is 5.88 Å². The van der Waals surface area contributed by atoms with Crippen LogP contribution in [-0.4, -0.2) is 16.6 Å². The highest BCUT2D eigenvalue weighted by Gasteiger charge is 2.00. The maximum Gasteiger partial charge on any atom is 0.230 e. The Kier molecular flexibility index (Phi) is 3.40. The number of anilines is 3. The topological polar surface area (TPSA) is 73.1 Å². The summed E-state index contributed by atoms with van der Waals surface area (Å²) >= 11 is 0. The SMILES string of the molecule is CCOc1ccnc(Nc2ccc(N)cc2)n1. The van der Waals surface area contributed by atoms with E-state index in [1.54, 1.807) is 12.3 Å². The summed E-state index contributed by atoms with van der Waals surface area (Å²) in [6.07, 6.45) is 1.65. The first-order chi connectivity index (χ1) is 8.28. The van der Waals surface area contributed by atoms with Crippen LogP contribution >= 0.6 is 0 Å². The molecule has 0 bridgehead atoms. The smallest absolute Gasteiger partial charge is 0.230 e. The molecule has 1 heterocycles. The van der Waals surface area contributed by atoms with E-state index in [1.807, 2.05) is 31.2 Å². The average Bonchev–Trinajstić information content (AvgIpc) is 2.33. The molecule has 0 saturated heterocycles. The Hall–Kier alpha value is -2.30. The molecule has 0 radical (unpaired) electrons. The lowest BCUT2D eigenvalue weighted by atomic mass is 10.3. The largest absolute Gasteiger partial charge is 0.478 e. The van der Waals surface area contributed by atoms with Crippen LogP contribution in [0, 0.1) is 0 Å². The first-order valence-electron chi connectivity index (χ1n) is 5.36. The van der Waals surface area contributed by atoms with Gasteiger partial charge in [0.05, 0.1) is 6.61 Å². The fourth-order valence-electron chi connectivity index (χ4n) is 1.33. The van der Waals surface area contributed by atoms with Gasteiger partial charge in [-0.15, -0.1) is 0 Å². The van der Waals surface area contributed by atoms with Crippen molar-refractivity contribution >= 4 is 17.3 Å². The third-order valence-electron chi connectivity index (χ3n) is 2.09. The van der Waals surface area contributed by atoms with Crippen molar-refractivity contribution in [1.82, 2.24) is 9.97 Å². The van der Waals surface area contributed by atoms with Crippen LogP contribution < -0.4 is 15.8 Å². The van der Waals surface area contributed by atoms with Crippen LogP contribution in [0.3, 0.4) is 0 Å². The van der Waals surface area contributed by atoms with Gasteiger partial charge in [-0.2, -0.15) is 4.98 Å². The molecule has 0 saturated carbocycles. The van der Waals surface area contributed by atoms with Crippen LogP contribution in [-0.2, 0) is 0 Å². The number of nitrogens with two attached hydrogens (primary N) is 1. The molecule has 3 N–H and O–H groups in total. The van der Waals surface area contributed by atoms with Gasteiger partial charge in [0.25, 0.3) is 0 Å². The van der Waals surface area contributed by atoms with Gasteiger partial charge in [0.15, 0.2) is 0 Å². The summed E-state index contributed by atoms with van der Waals surface area (Å²) in [5, 5.41) is 3.07. The quantitative estimate of drug-likeness (QED) is 0.788. The zero-order valence-corrected chi connectivity index (χ0v) is 9.55. The van der Waals surface area contributed by atoms with E-state index in [-0.39, 0.29) is 0 Å². The molecule has 17 heavy (non-hydrogen) atoms. The second kappa shape index (κ2) is 5.16. The second-order valence-corrected chi connectivity index (χ2v) is 3.40. The molecule has 0 amide bonds. The van der Waals surface area contributed by atoms with E-state index in [4.69, 9.17) is 10.5 Å². The Bertz CT molecular complexity index is 484. The highest BCUT2D eigenvalue weighted by molar-refractivity contribution is 5.57. The van der Waals surface area contributed by atoms with Gasteiger partial charge in [0, 0.05) is 23.6 Å². The molecule has 1 aromatic heterocycles. The highest BCUT2D eigenvalue weighted by Crippen LogP contribution is 2.16. The third kappa shape index (κ3) is 3.07. The molecular formula is C12H14N4O. The lowest BCUT2D eigenvalue weighted by Gasteiger charge is -2.06. The minimum atomic E-state index is 0.501. The van der Waals surface area contributed by atoms with Gasteiger partial charge in [-0.25, -0.2) is 4.98 Å². The third-order valence-corrected chi connectivity index (χ3v) is 2.09. The number of hydrogen-bond acceptors (Lipinski definition) is 5. The molecule has 0 atom stereocenters. The Labute approximate surface area is 99.7 Å². The first-order valence-corrected chi connectivity index (χ1v) is 5.36. The highest BCUT2D eigenvalue weighted by atomic mass is 16.5. The van der Waals surface area contributed by atoms with Crippen molar-refractivity contribution in [3.05, 3.63) is 36.5 Å². The number of aromatic nitrogens is 2. The summed E-state index contributed by atoms with van der Waals surface area (Å²) in [6.45, 7) is 2.49. The molecule has 0 spiro atoms. The molecule has 0 fully saturated rings. The van der Waals surface area contributed by atoms with Crippen molar-refractivity contribution < 1.29 is 4.74 Å². The zero-order valence-electron chi connectivity index (χ0n) is 9.55. The van der Waals surface area contributed by atoms with E-state index in [0.29, 0.717) is 18.4 Å². The van der Waals surface area contributed by atoms with Gasteiger partial charge < -0.3 is 15.8 Å². The van der Waals surface area contributed by atoms with Gasteiger partial charge in [0.1, 0.15) is 0 Å². The monoisotopic (exact) mass is 230 g/mol. The van der Waals surface area contributed by atoms with Crippen LogP contribution in [0.25, 0.3) is 0 Å². The van der Waals surface area contributed by atoms with Crippen molar-refractivity contribution in [1.29, 1.82) is 0 Å². The van der Waals surface area contributed by atoms with Gasteiger partial charge >= 0.3 is 0 Å². The fourth-order valence-corrected chi connectivity index (χ4v) is 1.33. The molecule has 0 aliphatic carbocycles. The number of nitrogens with one attached hydrogen (secondary N) is 1. The predicted octanol–water partition coefficient (Wildman–Crippen LogP) is 2.20. The molecule has 1 aromatic carbocycles. The van der Waals surface area contributed by atoms with Gasteiger partial charge in [0.2, 0.25) is 11.8 Å². The van der Waals surface area contributed by atoms with Crippen LogP contribution in [0.1, 0.15) is 6.92 Å². The lowest BCUT2D eigenvalue weighted by Crippen LogP contribution is -2.00.